The van der Waals surface area contributed by atoms with Crippen LogP contribution in [0.3, 0.4) is 0 Å². The molecule has 0 saturated carbocycles. The third-order valence-corrected chi connectivity index (χ3v) is 3.70. The summed E-state index contributed by atoms with van der Waals surface area (Å²) in [5.74, 6) is -1.41. The molecule has 0 bridgehead atoms. The summed E-state index contributed by atoms with van der Waals surface area (Å²) in [4.78, 5) is 26.7. The smallest absolute Gasteiger partial charge is 0.326 e. The number of urea groups is 1. The molecule has 1 aliphatic heterocycles. The van der Waals surface area contributed by atoms with Crippen molar-refractivity contribution in [3.63, 3.8) is 0 Å². The fraction of sp³-hybridized carbons (Fsp3) is 0.467. The van der Waals surface area contributed by atoms with Gasteiger partial charge in [0.15, 0.2) is 0 Å². The van der Waals surface area contributed by atoms with E-state index in [1.807, 2.05) is 0 Å². The summed E-state index contributed by atoms with van der Waals surface area (Å²) in [6.07, 6.45) is 2.05. The van der Waals surface area contributed by atoms with E-state index >= 15 is 0 Å². The molecule has 114 valence electrons. The summed E-state index contributed by atoms with van der Waals surface area (Å²) >= 11 is 0. The van der Waals surface area contributed by atoms with Crippen molar-refractivity contribution in [1.82, 2.24) is 4.90 Å². The van der Waals surface area contributed by atoms with E-state index in [-0.39, 0.29) is 6.03 Å². The zero-order valence-corrected chi connectivity index (χ0v) is 12.0. The maximum absolute atomic E-state index is 13.3. The Morgan fingerprint density at radius 1 is 1.43 bits per heavy atom. The molecule has 6 heteroatoms. The number of hydrogen-bond donors (Lipinski definition) is 1. The topological polar surface area (TPSA) is 60.9 Å². The van der Waals surface area contributed by atoms with Crippen LogP contribution in [0.4, 0.5) is 14.9 Å². The largest absolute Gasteiger partial charge is 0.480 e. The minimum atomic E-state index is -0.988. The number of piperidine rings is 1. The number of halogens is 1. The van der Waals surface area contributed by atoms with Gasteiger partial charge in [-0.25, -0.2) is 14.0 Å². The van der Waals surface area contributed by atoms with Gasteiger partial charge in [-0.15, -0.1) is 0 Å². The molecule has 1 atom stereocenters. The minimum absolute atomic E-state index is 0.352. The molecule has 1 aromatic rings. The van der Waals surface area contributed by atoms with E-state index in [4.69, 9.17) is 0 Å². The average molecular weight is 294 g/mol. The van der Waals surface area contributed by atoms with Crippen LogP contribution in [0.15, 0.2) is 24.3 Å². The highest BCUT2D eigenvalue weighted by atomic mass is 19.1. The van der Waals surface area contributed by atoms with Crippen LogP contribution in [0.25, 0.3) is 0 Å². The Bertz CT molecular complexity index is 535. The first-order valence-electron chi connectivity index (χ1n) is 7.11. The Morgan fingerprint density at radius 3 is 2.81 bits per heavy atom. The fourth-order valence-corrected chi connectivity index (χ4v) is 2.64. The number of benzene rings is 1. The van der Waals surface area contributed by atoms with Gasteiger partial charge < -0.3 is 10.0 Å². The third kappa shape index (κ3) is 3.32. The van der Waals surface area contributed by atoms with Crippen molar-refractivity contribution in [3.05, 3.63) is 30.1 Å². The molecule has 1 N–H and O–H groups in total. The molecule has 21 heavy (non-hydrogen) atoms. The Labute approximate surface area is 123 Å². The molecule has 1 aromatic carbocycles. The Morgan fingerprint density at radius 2 is 2.19 bits per heavy atom. The number of carboxylic acid groups (broad SMARTS) is 1. The average Bonchev–Trinajstić information content (AvgIpc) is 2.48. The van der Waals surface area contributed by atoms with E-state index in [9.17, 15) is 19.1 Å². The highest BCUT2D eigenvalue weighted by Crippen LogP contribution is 2.22. The molecule has 0 aliphatic carbocycles. The summed E-state index contributed by atoms with van der Waals surface area (Å²) in [5, 5.41) is 9.25. The molecule has 0 radical (unpaired) electrons. The predicted molar refractivity (Wildman–Crippen MR) is 76.8 cm³/mol. The van der Waals surface area contributed by atoms with Gasteiger partial charge in [0.2, 0.25) is 0 Å². The maximum atomic E-state index is 13.3. The molecule has 1 fully saturated rings. The van der Waals surface area contributed by atoms with Crippen molar-refractivity contribution in [2.24, 2.45) is 0 Å². The monoisotopic (exact) mass is 294 g/mol. The molecule has 1 heterocycles. The number of hydrogen-bond acceptors (Lipinski definition) is 2. The van der Waals surface area contributed by atoms with E-state index in [0.717, 1.165) is 12.8 Å². The normalized spacial score (nSPS) is 18.4. The lowest BCUT2D eigenvalue weighted by Gasteiger charge is -2.36. The van der Waals surface area contributed by atoms with Gasteiger partial charge >= 0.3 is 12.0 Å². The molecular weight excluding hydrogens is 275 g/mol. The molecule has 2 rings (SSSR count). The van der Waals surface area contributed by atoms with Crippen molar-refractivity contribution in [2.45, 2.75) is 32.2 Å². The van der Waals surface area contributed by atoms with Crippen molar-refractivity contribution >= 4 is 17.7 Å². The molecule has 1 aliphatic rings. The highest BCUT2D eigenvalue weighted by molar-refractivity contribution is 5.94. The fourth-order valence-electron chi connectivity index (χ4n) is 2.64. The first-order chi connectivity index (χ1) is 10.0. The van der Waals surface area contributed by atoms with Crippen LogP contribution in [0.2, 0.25) is 0 Å². The van der Waals surface area contributed by atoms with Gasteiger partial charge in [0.25, 0.3) is 0 Å². The van der Waals surface area contributed by atoms with Crippen LogP contribution in [-0.4, -0.2) is 41.1 Å². The summed E-state index contributed by atoms with van der Waals surface area (Å²) in [5.41, 5.74) is 0.442. The second-order valence-corrected chi connectivity index (χ2v) is 5.05. The molecule has 0 spiro atoms. The number of carbonyl (C=O) groups excluding carboxylic acids is 1. The summed E-state index contributed by atoms with van der Waals surface area (Å²) in [7, 11) is 0. The van der Waals surface area contributed by atoms with E-state index in [2.05, 4.69) is 0 Å². The van der Waals surface area contributed by atoms with Gasteiger partial charge in [-0.1, -0.05) is 6.07 Å². The van der Waals surface area contributed by atoms with Crippen molar-refractivity contribution in [1.29, 1.82) is 0 Å². The molecule has 5 nitrogen and oxygen atoms in total. The number of nitrogens with zero attached hydrogens (tertiary/aromatic N) is 2. The quantitative estimate of drug-likeness (QED) is 0.932. The first-order valence-corrected chi connectivity index (χ1v) is 7.11. The van der Waals surface area contributed by atoms with Crippen molar-refractivity contribution in [2.75, 3.05) is 18.0 Å². The third-order valence-electron chi connectivity index (χ3n) is 3.70. The number of carboxylic acids is 1. The van der Waals surface area contributed by atoms with Crippen LogP contribution < -0.4 is 4.90 Å². The van der Waals surface area contributed by atoms with Gasteiger partial charge in [0.05, 0.1) is 0 Å². The zero-order valence-electron chi connectivity index (χ0n) is 12.0. The Balaban J connectivity index is 2.24. The number of carbonyl (C=O) groups is 2. The van der Waals surface area contributed by atoms with Gasteiger partial charge in [-0.2, -0.15) is 0 Å². The van der Waals surface area contributed by atoms with E-state index in [0.29, 0.717) is 25.2 Å². The number of amides is 2. The maximum Gasteiger partial charge on any atom is 0.326 e. The summed E-state index contributed by atoms with van der Waals surface area (Å²) in [6.45, 7) is 2.55. The number of rotatable bonds is 3. The van der Waals surface area contributed by atoms with Crippen molar-refractivity contribution in [3.8, 4) is 0 Å². The van der Waals surface area contributed by atoms with Crippen molar-refractivity contribution < 1.29 is 19.1 Å². The predicted octanol–water partition coefficient (Wildman–Crippen LogP) is 2.71. The lowest BCUT2D eigenvalue weighted by Crippen LogP contribution is -2.53. The number of likely N-dealkylation sites (tertiary alicyclic amines) is 1. The summed E-state index contributed by atoms with van der Waals surface area (Å²) in [6, 6.07) is 4.59. The second-order valence-electron chi connectivity index (χ2n) is 5.05. The van der Waals surface area contributed by atoms with Crippen LogP contribution in [0.1, 0.15) is 26.2 Å². The van der Waals surface area contributed by atoms with Gasteiger partial charge in [0.1, 0.15) is 11.9 Å². The zero-order chi connectivity index (χ0) is 15.4. The van der Waals surface area contributed by atoms with E-state index in [1.54, 1.807) is 13.0 Å². The number of aliphatic carboxylic acids is 1. The van der Waals surface area contributed by atoms with Crippen LogP contribution in [-0.2, 0) is 4.79 Å². The molecule has 1 unspecified atom stereocenters. The lowest BCUT2D eigenvalue weighted by molar-refractivity contribution is -0.143. The minimum Gasteiger partial charge on any atom is -0.480 e. The molecule has 0 aromatic heterocycles. The van der Waals surface area contributed by atoms with E-state index < -0.39 is 17.8 Å². The lowest BCUT2D eigenvalue weighted by atomic mass is 10.0. The van der Waals surface area contributed by atoms with E-state index in [1.165, 1.54) is 28.0 Å². The standard InChI is InChI=1S/C15H19FN2O3/c1-2-17(12-7-5-6-11(16)10-12)15(21)18-9-4-3-8-13(18)14(19)20/h5-7,10,13H,2-4,8-9H2,1H3,(H,19,20). The Hall–Kier alpha value is -2.11. The van der Waals surface area contributed by atoms with Gasteiger partial charge in [-0.3, -0.25) is 4.90 Å². The first kappa shape index (κ1) is 15.3. The molecule has 1 saturated heterocycles. The Kier molecular flexibility index (Phi) is 4.77. The van der Waals surface area contributed by atoms with Crippen LogP contribution >= 0.6 is 0 Å². The van der Waals surface area contributed by atoms with Crippen LogP contribution in [0, 0.1) is 5.82 Å². The van der Waals surface area contributed by atoms with Gasteiger partial charge in [-0.05, 0) is 44.4 Å². The molecule has 2 amide bonds. The number of anilines is 1. The second kappa shape index (κ2) is 6.56. The van der Waals surface area contributed by atoms with Crippen LogP contribution in [0.5, 0.6) is 0 Å². The molecular formula is C15H19FN2O3. The highest BCUT2D eigenvalue weighted by Gasteiger charge is 2.34. The van der Waals surface area contributed by atoms with Gasteiger partial charge in [0, 0.05) is 18.8 Å². The summed E-state index contributed by atoms with van der Waals surface area (Å²) < 4.78 is 13.3. The SMILES string of the molecule is CCN(C(=O)N1CCCCC1C(=O)O)c1cccc(F)c1.